The average Bonchev–Trinajstić information content (AvgIpc) is 3.39. The van der Waals surface area contributed by atoms with Gasteiger partial charge in [0, 0.05) is 56.7 Å². The molecule has 5 rings (SSSR count). The zero-order chi connectivity index (χ0) is 34.1. The molecule has 9 nitrogen and oxygen atoms in total. The van der Waals surface area contributed by atoms with E-state index < -0.39 is 36.3 Å². The second kappa shape index (κ2) is 13.3. The molecule has 0 spiro atoms. The molecule has 2 heterocycles. The molecule has 3 aromatic rings. The molecule has 252 valence electrons. The molecule has 1 aliphatic heterocycles. The number of hydrogen-bond donors (Lipinski definition) is 3. The predicted molar refractivity (Wildman–Crippen MR) is 162 cm³/mol. The van der Waals surface area contributed by atoms with Crippen molar-refractivity contribution in [1.29, 1.82) is 0 Å². The molecule has 1 aromatic heterocycles. The Morgan fingerprint density at radius 2 is 1.87 bits per heavy atom. The summed E-state index contributed by atoms with van der Waals surface area (Å²) in [6.45, 7) is 1.64. The van der Waals surface area contributed by atoms with Gasteiger partial charge in [0.1, 0.15) is 23.6 Å². The Hall–Kier alpha value is -4.45. The number of methoxy groups -OCH3 is 1. The number of piperidine rings is 1. The first kappa shape index (κ1) is 33.9. The molecule has 2 aliphatic rings. The minimum atomic E-state index is -4.54. The summed E-state index contributed by atoms with van der Waals surface area (Å²) in [6, 6.07) is 4.72. The Balaban J connectivity index is 1.36. The van der Waals surface area contributed by atoms with Crippen molar-refractivity contribution in [1.82, 2.24) is 25.1 Å². The molecule has 1 saturated heterocycles. The normalized spacial score (nSPS) is 19.8. The van der Waals surface area contributed by atoms with Gasteiger partial charge in [0.2, 0.25) is 0 Å². The van der Waals surface area contributed by atoms with E-state index in [1.807, 2.05) is 11.8 Å². The van der Waals surface area contributed by atoms with Crippen LogP contribution in [0.2, 0.25) is 0 Å². The lowest BCUT2D eigenvalue weighted by Crippen LogP contribution is -2.57. The smallest absolute Gasteiger partial charge is 0.406 e. The molecule has 47 heavy (non-hydrogen) atoms. The minimum Gasteiger partial charge on any atom is -0.494 e. The molecule has 2 amide bonds. The third-order valence-electron chi connectivity index (χ3n) is 8.52. The Labute approximate surface area is 267 Å². The van der Waals surface area contributed by atoms with E-state index in [0.29, 0.717) is 19.5 Å². The van der Waals surface area contributed by atoms with E-state index in [-0.39, 0.29) is 76.5 Å². The van der Waals surface area contributed by atoms with Crippen LogP contribution in [0.25, 0.3) is 11.0 Å². The lowest BCUT2D eigenvalue weighted by atomic mass is 9.83. The maximum absolute atomic E-state index is 14.3. The molecule has 0 radical (unpaired) electrons. The highest BCUT2D eigenvalue weighted by Crippen LogP contribution is 2.41. The van der Waals surface area contributed by atoms with Gasteiger partial charge >= 0.3 is 6.18 Å². The summed E-state index contributed by atoms with van der Waals surface area (Å²) in [4.78, 5) is 31.7. The van der Waals surface area contributed by atoms with Gasteiger partial charge in [-0.25, -0.2) is 18.2 Å². The molecule has 1 saturated carbocycles. The summed E-state index contributed by atoms with van der Waals surface area (Å²) in [5.74, 6) is 1.17. The van der Waals surface area contributed by atoms with Gasteiger partial charge in [0.05, 0.1) is 42.3 Å². The fourth-order valence-corrected chi connectivity index (χ4v) is 6.04. The summed E-state index contributed by atoms with van der Waals surface area (Å²) in [6.07, 6.45) is -3.34. The second-order valence-corrected chi connectivity index (χ2v) is 11.9. The van der Waals surface area contributed by atoms with E-state index in [2.05, 4.69) is 32.8 Å². The van der Waals surface area contributed by atoms with E-state index in [0.717, 1.165) is 17.0 Å². The highest BCUT2D eigenvalue weighted by atomic mass is 19.4. The quantitative estimate of drug-likeness (QED) is 0.236. The van der Waals surface area contributed by atoms with Crippen molar-refractivity contribution in [2.24, 2.45) is 5.92 Å². The van der Waals surface area contributed by atoms with Gasteiger partial charge in [-0.05, 0) is 30.5 Å². The molecule has 2 aromatic carbocycles. The molecular formula is C32H34F6N6O3. The molecule has 0 unspecified atom stereocenters. The number of rotatable bonds is 8. The van der Waals surface area contributed by atoms with E-state index in [1.54, 1.807) is 0 Å². The third kappa shape index (κ3) is 7.75. The molecule has 2 atom stereocenters. The molecule has 3 N–H and O–H groups in total. The van der Waals surface area contributed by atoms with Gasteiger partial charge in [0.25, 0.3) is 17.7 Å². The van der Waals surface area contributed by atoms with Crippen LogP contribution >= 0.6 is 0 Å². The van der Waals surface area contributed by atoms with Crippen LogP contribution in [0.3, 0.4) is 0 Å². The van der Waals surface area contributed by atoms with Crippen LogP contribution in [0.1, 0.15) is 52.5 Å². The van der Waals surface area contributed by atoms with Crippen LogP contribution in [-0.2, 0) is 6.54 Å². The number of hydrogen-bond acceptors (Lipinski definition) is 6. The minimum absolute atomic E-state index is 0.0282. The SMILES string of the molecule is CNC(=O)c1cc(NCC#Cc2cc(C(=O)N[C@H]3CCN(C4CC(F)(F)C4)C[C@@H]3C)c3ncn(CC(F)(F)F)c3c2)c(OC)cc1F. The topological polar surface area (TPSA) is 101 Å². The number of carbonyl (C=O) groups is 2. The number of halogens is 6. The fraction of sp³-hybridized carbons (Fsp3) is 0.469. The number of fused-ring (bicyclic) bond motifs is 1. The van der Waals surface area contributed by atoms with Crippen LogP contribution in [0.15, 0.2) is 30.6 Å². The van der Waals surface area contributed by atoms with Gasteiger partial charge in [-0.3, -0.25) is 14.5 Å². The van der Waals surface area contributed by atoms with Crippen molar-refractivity contribution in [3.05, 3.63) is 53.1 Å². The first-order chi connectivity index (χ1) is 22.2. The molecular weight excluding hydrogens is 630 g/mol. The summed E-state index contributed by atoms with van der Waals surface area (Å²) < 4.78 is 87.3. The standard InChI is InChI=1S/C32H34F6N6O3/c1-18-15-43(20-13-31(34,35)14-20)8-6-24(18)42-30(46)22-9-19(10-26-28(22)41-17-44(26)16-32(36,37)38)5-4-7-40-25-11-21(29(45)39-2)23(33)12-27(25)47-3/h9-12,17-18,20,24,40H,6-8,13-16H2,1-3H3,(H,39,45)(H,42,46)/t18-,24-/m0/s1. The monoisotopic (exact) mass is 664 g/mol. The van der Waals surface area contributed by atoms with E-state index >= 15 is 0 Å². The summed E-state index contributed by atoms with van der Waals surface area (Å²) in [5, 5.41) is 8.27. The molecule has 15 heteroatoms. The van der Waals surface area contributed by atoms with Crippen molar-refractivity contribution in [3.8, 4) is 17.6 Å². The molecule has 0 bridgehead atoms. The van der Waals surface area contributed by atoms with Crippen molar-refractivity contribution in [2.75, 3.05) is 39.1 Å². The summed E-state index contributed by atoms with van der Waals surface area (Å²) in [7, 11) is 2.69. The number of aromatic nitrogens is 2. The number of amides is 2. The first-order valence-electron chi connectivity index (χ1n) is 15.0. The van der Waals surface area contributed by atoms with Gasteiger partial charge in [-0.15, -0.1) is 0 Å². The Bertz CT molecular complexity index is 1720. The largest absolute Gasteiger partial charge is 0.494 e. The van der Waals surface area contributed by atoms with Gasteiger partial charge in [0.15, 0.2) is 0 Å². The molecule has 1 aliphatic carbocycles. The number of nitrogens with zero attached hydrogens (tertiary/aromatic N) is 3. The lowest BCUT2D eigenvalue weighted by Gasteiger charge is -2.47. The number of anilines is 1. The highest BCUT2D eigenvalue weighted by Gasteiger charge is 2.48. The van der Waals surface area contributed by atoms with Crippen LogP contribution < -0.4 is 20.7 Å². The van der Waals surface area contributed by atoms with Crippen molar-refractivity contribution in [2.45, 2.75) is 56.9 Å². The van der Waals surface area contributed by atoms with Crippen LogP contribution in [0, 0.1) is 23.6 Å². The lowest BCUT2D eigenvalue weighted by molar-refractivity contribution is -0.140. The van der Waals surface area contributed by atoms with E-state index in [1.165, 1.54) is 32.4 Å². The first-order valence-corrected chi connectivity index (χ1v) is 15.0. The number of benzene rings is 2. The van der Waals surface area contributed by atoms with Crippen LogP contribution in [-0.4, -0.2) is 84.2 Å². The number of imidazole rings is 1. The number of nitrogens with one attached hydrogen (secondary N) is 3. The molecule has 2 fully saturated rings. The van der Waals surface area contributed by atoms with Crippen molar-refractivity contribution < 1.29 is 40.7 Å². The van der Waals surface area contributed by atoms with Crippen molar-refractivity contribution in [3.63, 3.8) is 0 Å². The zero-order valence-corrected chi connectivity index (χ0v) is 25.9. The maximum atomic E-state index is 14.3. The second-order valence-electron chi connectivity index (χ2n) is 11.9. The Morgan fingerprint density at radius 3 is 2.51 bits per heavy atom. The van der Waals surface area contributed by atoms with Gasteiger partial charge < -0.3 is 25.3 Å². The Kier molecular flexibility index (Phi) is 9.63. The van der Waals surface area contributed by atoms with Crippen molar-refractivity contribution >= 4 is 28.5 Å². The average molecular weight is 665 g/mol. The predicted octanol–water partition coefficient (Wildman–Crippen LogP) is 4.81. The van der Waals surface area contributed by atoms with E-state index in [4.69, 9.17) is 4.74 Å². The Morgan fingerprint density at radius 1 is 1.13 bits per heavy atom. The van der Waals surface area contributed by atoms with E-state index in [9.17, 15) is 35.9 Å². The van der Waals surface area contributed by atoms with Crippen LogP contribution in [0.4, 0.5) is 32.0 Å². The summed E-state index contributed by atoms with van der Waals surface area (Å²) >= 11 is 0. The number of carbonyl (C=O) groups excluding carboxylic acids is 2. The van der Waals surface area contributed by atoms with Gasteiger partial charge in [-0.2, -0.15) is 13.2 Å². The fourth-order valence-electron chi connectivity index (χ4n) is 6.04. The third-order valence-corrected chi connectivity index (χ3v) is 8.52. The maximum Gasteiger partial charge on any atom is 0.406 e. The van der Waals surface area contributed by atoms with Gasteiger partial charge in [-0.1, -0.05) is 18.8 Å². The van der Waals surface area contributed by atoms with Crippen LogP contribution in [0.5, 0.6) is 5.75 Å². The zero-order valence-electron chi connectivity index (χ0n) is 25.9. The number of alkyl halides is 5. The summed E-state index contributed by atoms with van der Waals surface area (Å²) in [5.41, 5.74) is 0.509. The highest BCUT2D eigenvalue weighted by molar-refractivity contribution is 6.05. The number of ether oxygens (including phenoxy) is 1. The number of likely N-dealkylation sites (tertiary alicyclic amines) is 1.